The van der Waals surface area contributed by atoms with Crippen molar-refractivity contribution in [1.82, 2.24) is 4.72 Å². The highest BCUT2D eigenvalue weighted by atomic mass is 32.2. The minimum absolute atomic E-state index is 0.251. The number of aliphatic hydroxyl groups is 1. The van der Waals surface area contributed by atoms with Gasteiger partial charge in [0.05, 0.1) is 29.5 Å². The molecule has 0 amide bonds. The second-order valence-corrected chi connectivity index (χ2v) is 6.50. The summed E-state index contributed by atoms with van der Waals surface area (Å²) in [4.78, 5) is 0. The average molecular weight is 296 g/mol. The fourth-order valence-electron chi connectivity index (χ4n) is 1.98. The summed E-state index contributed by atoms with van der Waals surface area (Å²) in [5, 5.41) is 18.4. The number of hydrogen-bond acceptors (Lipinski definition) is 4. The van der Waals surface area contributed by atoms with Gasteiger partial charge in [-0.2, -0.15) is 5.26 Å². The molecule has 1 aromatic rings. The quantitative estimate of drug-likeness (QED) is 0.798. The maximum atomic E-state index is 12.2. The Morgan fingerprint density at radius 1 is 1.30 bits per heavy atom. The number of hydrogen-bond donors (Lipinski definition) is 2. The Bertz CT molecular complexity index is 578. The SMILES string of the molecule is CCC(CC)(CO)NS(=O)(=O)Cc1ccccc1C#N. The highest BCUT2D eigenvalue weighted by Gasteiger charge is 2.30. The molecule has 1 rings (SSSR count). The fraction of sp³-hybridized carbons (Fsp3) is 0.500. The maximum absolute atomic E-state index is 12.2. The monoisotopic (exact) mass is 296 g/mol. The van der Waals surface area contributed by atoms with Crippen molar-refractivity contribution >= 4 is 10.0 Å². The van der Waals surface area contributed by atoms with Crippen molar-refractivity contribution in [3.05, 3.63) is 35.4 Å². The van der Waals surface area contributed by atoms with Crippen LogP contribution in [0.3, 0.4) is 0 Å². The summed E-state index contributed by atoms with van der Waals surface area (Å²) in [7, 11) is -3.62. The Labute approximate surface area is 120 Å². The molecule has 6 heteroatoms. The Kier molecular flexibility index (Phi) is 5.69. The number of aliphatic hydroxyl groups excluding tert-OH is 1. The molecule has 2 N–H and O–H groups in total. The van der Waals surface area contributed by atoms with E-state index in [4.69, 9.17) is 5.26 Å². The lowest BCUT2D eigenvalue weighted by molar-refractivity contribution is 0.172. The Morgan fingerprint density at radius 2 is 1.90 bits per heavy atom. The molecular formula is C14H20N2O3S. The summed E-state index contributed by atoms with van der Waals surface area (Å²) in [6.45, 7) is 3.40. The van der Waals surface area contributed by atoms with Gasteiger partial charge in [0.1, 0.15) is 0 Å². The van der Waals surface area contributed by atoms with Crippen molar-refractivity contribution in [2.45, 2.75) is 38.0 Å². The van der Waals surface area contributed by atoms with Crippen LogP contribution in [0.1, 0.15) is 37.8 Å². The molecule has 1 aromatic carbocycles. The first-order chi connectivity index (χ1) is 9.42. The van der Waals surface area contributed by atoms with Crippen molar-refractivity contribution in [2.75, 3.05) is 6.61 Å². The highest BCUT2D eigenvalue weighted by molar-refractivity contribution is 7.88. The van der Waals surface area contributed by atoms with Crippen molar-refractivity contribution < 1.29 is 13.5 Å². The zero-order chi connectivity index (χ0) is 15.2. The van der Waals surface area contributed by atoms with E-state index in [0.717, 1.165) is 0 Å². The molecule has 0 fully saturated rings. The number of nitrogens with zero attached hydrogens (tertiary/aromatic N) is 1. The van der Waals surface area contributed by atoms with E-state index in [9.17, 15) is 13.5 Å². The van der Waals surface area contributed by atoms with Gasteiger partial charge >= 0.3 is 0 Å². The minimum Gasteiger partial charge on any atom is -0.394 e. The van der Waals surface area contributed by atoms with Crippen LogP contribution in [0, 0.1) is 11.3 Å². The van der Waals surface area contributed by atoms with Gasteiger partial charge in [-0.15, -0.1) is 0 Å². The number of nitriles is 1. The normalized spacial score (nSPS) is 12.1. The molecule has 0 aromatic heterocycles. The van der Waals surface area contributed by atoms with Gasteiger partial charge in [0, 0.05) is 0 Å². The van der Waals surface area contributed by atoms with Crippen LogP contribution >= 0.6 is 0 Å². The smallest absolute Gasteiger partial charge is 0.216 e. The van der Waals surface area contributed by atoms with Crippen molar-refractivity contribution in [1.29, 1.82) is 5.26 Å². The van der Waals surface area contributed by atoms with Gasteiger partial charge in [-0.1, -0.05) is 32.0 Å². The van der Waals surface area contributed by atoms with E-state index in [1.54, 1.807) is 24.3 Å². The number of sulfonamides is 1. The molecule has 0 atom stereocenters. The predicted molar refractivity (Wildman–Crippen MR) is 77.3 cm³/mol. The molecule has 0 aliphatic rings. The van der Waals surface area contributed by atoms with Crippen molar-refractivity contribution in [2.24, 2.45) is 0 Å². The molecule has 0 aliphatic carbocycles. The molecule has 0 unspecified atom stereocenters. The standard InChI is InChI=1S/C14H20N2O3S/c1-3-14(4-2,11-17)16-20(18,19)10-13-8-6-5-7-12(13)9-15/h5-8,16-17H,3-4,10-11H2,1-2H3. The number of rotatable bonds is 7. The van der Waals surface area contributed by atoms with Crippen LogP contribution in [0.4, 0.5) is 0 Å². The van der Waals surface area contributed by atoms with E-state index in [0.29, 0.717) is 24.0 Å². The van der Waals surface area contributed by atoms with Gasteiger partial charge in [0.15, 0.2) is 0 Å². The molecule has 0 saturated carbocycles. The first kappa shape index (κ1) is 16.6. The van der Waals surface area contributed by atoms with Gasteiger partial charge < -0.3 is 5.11 Å². The van der Waals surface area contributed by atoms with Gasteiger partial charge in [-0.3, -0.25) is 0 Å². The fourth-order valence-corrected chi connectivity index (χ4v) is 3.72. The van der Waals surface area contributed by atoms with Crippen LogP contribution in [-0.4, -0.2) is 25.7 Å². The van der Waals surface area contributed by atoms with E-state index >= 15 is 0 Å². The van der Waals surface area contributed by atoms with E-state index < -0.39 is 15.6 Å². The largest absolute Gasteiger partial charge is 0.394 e. The topological polar surface area (TPSA) is 90.2 Å². The van der Waals surface area contributed by atoms with Gasteiger partial charge in [-0.05, 0) is 24.5 Å². The van der Waals surface area contributed by atoms with Crippen LogP contribution in [0.15, 0.2) is 24.3 Å². The predicted octanol–water partition coefficient (Wildman–Crippen LogP) is 1.53. The zero-order valence-electron chi connectivity index (χ0n) is 11.8. The first-order valence-electron chi connectivity index (χ1n) is 6.52. The maximum Gasteiger partial charge on any atom is 0.216 e. The molecule has 0 saturated heterocycles. The molecule has 0 heterocycles. The van der Waals surface area contributed by atoms with E-state index in [1.807, 2.05) is 19.9 Å². The van der Waals surface area contributed by atoms with Crippen LogP contribution in [0.5, 0.6) is 0 Å². The highest BCUT2D eigenvalue weighted by Crippen LogP contribution is 2.18. The number of nitrogens with one attached hydrogen (secondary N) is 1. The molecule has 20 heavy (non-hydrogen) atoms. The molecule has 0 bridgehead atoms. The third-order valence-corrected chi connectivity index (χ3v) is 4.95. The Balaban J connectivity index is 2.99. The van der Waals surface area contributed by atoms with Crippen LogP contribution < -0.4 is 4.72 Å². The molecular weight excluding hydrogens is 276 g/mol. The summed E-state index contributed by atoms with van der Waals surface area (Å²) in [6.07, 6.45) is 0.998. The van der Waals surface area contributed by atoms with Gasteiger partial charge in [-0.25, -0.2) is 13.1 Å². The summed E-state index contributed by atoms with van der Waals surface area (Å²) in [5.74, 6) is -0.265. The molecule has 5 nitrogen and oxygen atoms in total. The van der Waals surface area contributed by atoms with Crippen LogP contribution in [0.2, 0.25) is 0 Å². The molecule has 0 aliphatic heterocycles. The Morgan fingerprint density at radius 3 is 2.40 bits per heavy atom. The van der Waals surface area contributed by atoms with E-state index in [-0.39, 0.29) is 12.4 Å². The summed E-state index contributed by atoms with van der Waals surface area (Å²) in [5.41, 5.74) is -0.0255. The van der Waals surface area contributed by atoms with Crippen molar-refractivity contribution in [3.8, 4) is 6.07 Å². The Hall–Kier alpha value is -1.42. The summed E-state index contributed by atoms with van der Waals surface area (Å²) < 4.78 is 27.0. The van der Waals surface area contributed by atoms with Crippen LogP contribution in [-0.2, 0) is 15.8 Å². The second kappa shape index (κ2) is 6.84. The van der Waals surface area contributed by atoms with Crippen molar-refractivity contribution in [3.63, 3.8) is 0 Å². The average Bonchev–Trinajstić information content (AvgIpc) is 2.45. The first-order valence-corrected chi connectivity index (χ1v) is 8.17. The van der Waals surface area contributed by atoms with Gasteiger partial charge in [0.2, 0.25) is 10.0 Å². The lowest BCUT2D eigenvalue weighted by Gasteiger charge is -2.30. The van der Waals surface area contributed by atoms with E-state index in [1.165, 1.54) is 0 Å². The third-order valence-electron chi connectivity index (χ3n) is 3.51. The van der Waals surface area contributed by atoms with Crippen LogP contribution in [0.25, 0.3) is 0 Å². The molecule has 0 radical (unpaired) electrons. The van der Waals surface area contributed by atoms with E-state index in [2.05, 4.69) is 4.72 Å². The lowest BCUT2D eigenvalue weighted by Crippen LogP contribution is -2.50. The van der Waals surface area contributed by atoms with Gasteiger partial charge in [0.25, 0.3) is 0 Å². The third kappa shape index (κ3) is 4.04. The summed E-state index contributed by atoms with van der Waals surface area (Å²) >= 11 is 0. The lowest BCUT2D eigenvalue weighted by atomic mass is 9.96. The number of benzene rings is 1. The summed E-state index contributed by atoms with van der Waals surface area (Å²) in [6, 6.07) is 8.58. The zero-order valence-corrected chi connectivity index (χ0v) is 12.6. The molecule has 110 valence electrons. The second-order valence-electron chi connectivity index (χ2n) is 4.78. The minimum atomic E-state index is -3.62. The molecule has 0 spiro atoms.